The van der Waals surface area contributed by atoms with Gasteiger partial charge in [0.05, 0.1) is 6.61 Å². The maximum atomic E-state index is 12.8. The maximum Gasteiger partial charge on any atom is 0.266 e. The molecule has 0 aliphatic rings. The minimum absolute atomic E-state index is 0.0321. The van der Waals surface area contributed by atoms with E-state index in [9.17, 15) is 10.1 Å². The van der Waals surface area contributed by atoms with Crippen LogP contribution in [-0.2, 0) is 18.0 Å². The third-order valence-corrected chi connectivity index (χ3v) is 5.78. The fourth-order valence-corrected chi connectivity index (χ4v) is 3.85. The smallest absolute Gasteiger partial charge is 0.266 e. The molecule has 0 atom stereocenters. The number of amides is 1. The zero-order chi connectivity index (χ0) is 27.5. The molecule has 4 aromatic rings. The van der Waals surface area contributed by atoms with Crippen LogP contribution in [0.1, 0.15) is 29.2 Å². The zero-order valence-electron chi connectivity index (χ0n) is 22.0. The van der Waals surface area contributed by atoms with E-state index in [0.717, 1.165) is 16.7 Å². The standard InChI is InChI=1S/C33H30N2O4/c1-3-37-32-20-26(12-17-31(32)39-23-27-11-7-8-24(2)18-27)19-28(21-34)33(36)35-29-13-15-30(16-14-29)38-22-25-9-5-4-6-10-25/h4-20H,3,22-23H2,1-2H3,(H,35,36)/b28-19+. The lowest BCUT2D eigenvalue weighted by atomic mass is 10.1. The summed E-state index contributed by atoms with van der Waals surface area (Å²) in [6, 6.07) is 32.3. The molecule has 6 heteroatoms. The summed E-state index contributed by atoms with van der Waals surface area (Å²) in [5.41, 5.74) is 4.46. The fourth-order valence-electron chi connectivity index (χ4n) is 3.85. The van der Waals surface area contributed by atoms with Gasteiger partial charge in [-0.3, -0.25) is 4.79 Å². The normalized spacial score (nSPS) is 10.8. The highest BCUT2D eigenvalue weighted by molar-refractivity contribution is 6.09. The van der Waals surface area contributed by atoms with E-state index in [-0.39, 0.29) is 5.57 Å². The Morgan fingerprint density at radius 3 is 2.28 bits per heavy atom. The van der Waals surface area contributed by atoms with Gasteiger partial charge in [-0.25, -0.2) is 0 Å². The van der Waals surface area contributed by atoms with Crippen molar-refractivity contribution in [3.05, 3.63) is 125 Å². The first-order valence-electron chi connectivity index (χ1n) is 12.7. The SMILES string of the molecule is CCOc1cc(/C=C(\C#N)C(=O)Nc2ccc(OCc3ccccc3)cc2)ccc1OCc1cccc(C)c1. The third-order valence-electron chi connectivity index (χ3n) is 5.78. The fraction of sp³-hybridized carbons (Fsp3) is 0.152. The molecule has 0 spiro atoms. The molecule has 0 fully saturated rings. The summed E-state index contributed by atoms with van der Waals surface area (Å²) >= 11 is 0. The maximum absolute atomic E-state index is 12.8. The van der Waals surface area contributed by atoms with Crippen molar-refractivity contribution in [2.24, 2.45) is 0 Å². The number of aryl methyl sites for hydroxylation is 1. The Kier molecular flexibility index (Phi) is 9.36. The van der Waals surface area contributed by atoms with Gasteiger partial charge in [-0.1, -0.05) is 66.2 Å². The minimum atomic E-state index is -0.506. The van der Waals surface area contributed by atoms with Crippen LogP contribution in [0.2, 0.25) is 0 Å². The van der Waals surface area contributed by atoms with Crippen molar-refractivity contribution in [3.8, 4) is 23.3 Å². The Morgan fingerprint density at radius 2 is 1.56 bits per heavy atom. The van der Waals surface area contributed by atoms with Crippen molar-refractivity contribution < 1.29 is 19.0 Å². The zero-order valence-corrected chi connectivity index (χ0v) is 22.0. The molecule has 0 saturated carbocycles. The Bertz CT molecular complexity index is 1470. The van der Waals surface area contributed by atoms with E-state index in [1.54, 1.807) is 42.5 Å². The summed E-state index contributed by atoms with van der Waals surface area (Å²) in [5.74, 6) is 1.31. The molecule has 0 aliphatic heterocycles. The summed E-state index contributed by atoms with van der Waals surface area (Å²) in [5, 5.41) is 12.4. The highest BCUT2D eigenvalue weighted by atomic mass is 16.5. The number of benzene rings is 4. The molecule has 4 rings (SSSR count). The van der Waals surface area contributed by atoms with E-state index in [1.165, 1.54) is 6.08 Å². The number of carbonyl (C=O) groups excluding carboxylic acids is 1. The van der Waals surface area contributed by atoms with Crippen molar-refractivity contribution in [2.45, 2.75) is 27.1 Å². The van der Waals surface area contributed by atoms with Crippen LogP contribution in [0.25, 0.3) is 6.08 Å². The van der Waals surface area contributed by atoms with E-state index in [4.69, 9.17) is 14.2 Å². The van der Waals surface area contributed by atoms with Gasteiger partial charge in [0.15, 0.2) is 11.5 Å². The second-order valence-corrected chi connectivity index (χ2v) is 8.84. The van der Waals surface area contributed by atoms with Crippen molar-refractivity contribution in [3.63, 3.8) is 0 Å². The second kappa shape index (κ2) is 13.5. The van der Waals surface area contributed by atoms with E-state index in [2.05, 4.69) is 11.4 Å². The van der Waals surface area contributed by atoms with Crippen molar-refractivity contribution in [1.29, 1.82) is 5.26 Å². The van der Waals surface area contributed by atoms with Crippen molar-refractivity contribution >= 4 is 17.7 Å². The summed E-state index contributed by atoms with van der Waals surface area (Å²) in [6.07, 6.45) is 1.53. The van der Waals surface area contributed by atoms with Gasteiger partial charge >= 0.3 is 0 Å². The lowest BCUT2D eigenvalue weighted by molar-refractivity contribution is -0.112. The third kappa shape index (κ3) is 7.98. The highest BCUT2D eigenvalue weighted by Crippen LogP contribution is 2.30. The van der Waals surface area contributed by atoms with E-state index in [1.807, 2.05) is 68.4 Å². The van der Waals surface area contributed by atoms with Crippen LogP contribution in [0.15, 0.2) is 103 Å². The number of rotatable bonds is 11. The van der Waals surface area contributed by atoms with Crippen LogP contribution in [-0.4, -0.2) is 12.5 Å². The van der Waals surface area contributed by atoms with Gasteiger partial charge in [-0.15, -0.1) is 0 Å². The number of hydrogen-bond donors (Lipinski definition) is 1. The predicted molar refractivity (Wildman–Crippen MR) is 153 cm³/mol. The highest BCUT2D eigenvalue weighted by Gasteiger charge is 2.12. The van der Waals surface area contributed by atoms with Gasteiger partial charge in [-0.05, 0) is 73.0 Å². The molecule has 0 unspecified atom stereocenters. The monoisotopic (exact) mass is 518 g/mol. The first kappa shape index (κ1) is 27.0. The number of nitrogens with one attached hydrogen (secondary N) is 1. The molecule has 4 aromatic carbocycles. The number of nitriles is 1. The molecule has 0 heterocycles. The lowest BCUT2D eigenvalue weighted by Crippen LogP contribution is -2.13. The first-order valence-corrected chi connectivity index (χ1v) is 12.7. The molecular formula is C33H30N2O4. The predicted octanol–water partition coefficient (Wildman–Crippen LogP) is 7.10. The Balaban J connectivity index is 1.40. The molecular weight excluding hydrogens is 488 g/mol. The number of nitrogens with zero attached hydrogens (tertiary/aromatic N) is 1. The molecule has 196 valence electrons. The Labute approximate surface area is 229 Å². The Morgan fingerprint density at radius 1 is 0.821 bits per heavy atom. The minimum Gasteiger partial charge on any atom is -0.490 e. The molecule has 1 amide bonds. The topological polar surface area (TPSA) is 80.6 Å². The molecule has 0 saturated heterocycles. The van der Waals surface area contributed by atoms with Gasteiger partial charge in [0, 0.05) is 5.69 Å². The summed E-state index contributed by atoms with van der Waals surface area (Å²) in [7, 11) is 0. The first-order chi connectivity index (χ1) is 19.0. The molecule has 0 bridgehead atoms. The molecule has 0 radical (unpaired) electrons. The summed E-state index contributed by atoms with van der Waals surface area (Å²) < 4.78 is 17.6. The molecule has 39 heavy (non-hydrogen) atoms. The number of anilines is 1. The lowest BCUT2D eigenvalue weighted by Gasteiger charge is -2.13. The largest absolute Gasteiger partial charge is 0.490 e. The van der Waals surface area contributed by atoms with Crippen molar-refractivity contribution in [1.82, 2.24) is 0 Å². The van der Waals surface area contributed by atoms with Gasteiger partial charge in [0.1, 0.15) is 30.6 Å². The molecule has 6 nitrogen and oxygen atoms in total. The van der Waals surface area contributed by atoms with Crippen LogP contribution in [0.4, 0.5) is 5.69 Å². The van der Waals surface area contributed by atoms with Crippen LogP contribution >= 0.6 is 0 Å². The van der Waals surface area contributed by atoms with Crippen LogP contribution < -0.4 is 19.5 Å². The van der Waals surface area contributed by atoms with Gasteiger partial charge in [0.2, 0.25) is 0 Å². The van der Waals surface area contributed by atoms with Crippen LogP contribution in [0, 0.1) is 18.3 Å². The average Bonchev–Trinajstić information content (AvgIpc) is 2.96. The van der Waals surface area contributed by atoms with E-state index in [0.29, 0.717) is 48.3 Å². The number of ether oxygens (including phenoxy) is 3. The van der Waals surface area contributed by atoms with Gasteiger partial charge in [-0.2, -0.15) is 5.26 Å². The van der Waals surface area contributed by atoms with E-state index < -0.39 is 5.91 Å². The Hall–Kier alpha value is -5.02. The van der Waals surface area contributed by atoms with Gasteiger partial charge in [0.25, 0.3) is 5.91 Å². The van der Waals surface area contributed by atoms with E-state index >= 15 is 0 Å². The summed E-state index contributed by atoms with van der Waals surface area (Å²) in [4.78, 5) is 12.8. The molecule has 0 aliphatic carbocycles. The summed E-state index contributed by atoms with van der Waals surface area (Å²) in [6.45, 7) is 5.23. The quantitative estimate of drug-likeness (QED) is 0.169. The average molecular weight is 519 g/mol. The second-order valence-electron chi connectivity index (χ2n) is 8.84. The van der Waals surface area contributed by atoms with Gasteiger partial charge < -0.3 is 19.5 Å². The molecule has 0 aromatic heterocycles. The van der Waals surface area contributed by atoms with Crippen molar-refractivity contribution in [2.75, 3.05) is 11.9 Å². The van der Waals surface area contributed by atoms with Crippen LogP contribution in [0.3, 0.4) is 0 Å². The number of carbonyl (C=O) groups is 1. The van der Waals surface area contributed by atoms with Crippen LogP contribution in [0.5, 0.6) is 17.2 Å². The molecule has 1 N–H and O–H groups in total. The number of hydrogen-bond acceptors (Lipinski definition) is 5.